The Labute approximate surface area is 145 Å². The maximum Gasteiger partial charge on any atom is 0.330 e. The third kappa shape index (κ3) is 3.05. The van der Waals surface area contributed by atoms with E-state index in [-0.39, 0.29) is 18.3 Å². The van der Waals surface area contributed by atoms with E-state index in [2.05, 4.69) is 10.0 Å². The summed E-state index contributed by atoms with van der Waals surface area (Å²) in [5, 5.41) is 11.7. The molecule has 0 spiro atoms. The molecule has 2 unspecified atom stereocenters. The molecule has 2 rings (SSSR count). The summed E-state index contributed by atoms with van der Waals surface area (Å²) in [6.45, 7) is 5.64. The maximum absolute atomic E-state index is 12.4. The van der Waals surface area contributed by atoms with Crippen molar-refractivity contribution in [1.29, 1.82) is 0 Å². The van der Waals surface area contributed by atoms with Crippen molar-refractivity contribution < 1.29 is 32.3 Å². The second-order valence-electron chi connectivity index (χ2n) is 6.36. The average molecular weight is 374 g/mol. The number of aliphatic carboxylic acids is 1. The monoisotopic (exact) mass is 374 g/mol. The van der Waals surface area contributed by atoms with E-state index in [1.807, 2.05) is 6.92 Å². The lowest BCUT2D eigenvalue weighted by atomic mass is 9.54. The molecule has 1 aromatic rings. The van der Waals surface area contributed by atoms with E-state index in [0.717, 1.165) is 6.07 Å². The number of hydrogen-bond acceptors (Lipinski definition) is 6. The zero-order valence-electron chi connectivity index (χ0n) is 14.5. The molecule has 0 aromatic carbocycles. The fraction of sp³-hybridized carbons (Fsp3) is 0.600. The van der Waals surface area contributed by atoms with Gasteiger partial charge >= 0.3 is 5.97 Å². The minimum absolute atomic E-state index is 0.108. The molecule has 0 bridgehead atoms. The Balaban J connectivity index is 2.25. The smallest absolute Gasteiger partial charge is 0.330 e. The van der Waals surface area contributed by atoms with E-state index >= 15 is 0 Å². The molecular formula is C15H22N2O7S. The lowest BCUT2D eigenvalue weighted by molar-refractivity contribution is -0.190. The first-order chi connectivity index (χ1) is 11.5. The minimum Gasteiger partial charge on any atom is -0.479 e. The molecule has 1 heterocycles. The molecule has 1 aromatic heterocycles. The van der Waals surface area contributed by atoms with Gasteiger partial charge in [0.15, 0.2) is 5.76 Å². The summed E-state index contributed by atoms with van der Waals surface area (Å²) in [6.07, 6.45) is -0.206. The summed E-state index contributed by atoms with van der Waals surface area (Å²) in [4.78, 5) is 24.3. The third-order valence-corrected chi connectivity index (χ3v) is 6.08. The fourth-order valence-electron chi connectivity index (χ4n) is 2.98. The van der Waals surface area contributed by atoms with Gasteiger partial charge in [0, 0.05) is 18.4 Å². The van der Waals surface area contributed by atoms with E-state index in [1.54, 1.807) is 13.8 Å². The normalized spacial score (nSPS) is 25.2. The number of carbonyl (C=O) groups is 2. The summed E-state index contributed by atoms with van der Waals surface area (Å²) in [5.41, 5.74) is -2.38. The maximum atomic E-state index is 12.4. The average Bonchev–Trinajstić information content (AvgIpc) is 3.04. The number of furan rings is 1. The van der Waals surface area contributed by atoms with Crippen molar-refractivity contribution in [3.63, 3.8) is 0 Å². The van der Waals surface area contributed by atoms with Crippen LogP contribution in [0.3, 0.4) is 0 Å². The number of sulfonamides is 1. The topological polar surface area (TPSA) is 135 Å². The van der Waals surface area contributed by atoms with Crippen molar-refractivity contribution in [3.05, 3.63) is 17.9 Å². The number of carbonyl (C=O) groups excluding carboxylic acids is 1. The summed E-state index contributed by atoms with van der Waals surface area (Å²) in [6, 6.07) is 2.31. The molecule has 10 heteroatoms. The molecule has 9 nitrogen and oxygen atoms in total. The van der Waals surface area contributed by atoms with Gasteiger partial charge in [0.2, 0.25) is 5.09 Å². The second kappa shape index (κ2) is 6.43. The van der Waals surface area contributed by atoms with Crippen LogP contribution in [0.15, 0.2) is 21.6 Å². The van der Waals surface area contributed by atoms with Gasteiger partial charge in [-0.05, 0) is 26.1 Å². The molecular weight excluding hydrogens is 352 g/mol. The van der Waals surface area contributed by atoms with Crippen molar-refractivity contribution in [3.8, 4) is 0 Å². The molecule has 1 aliphatic rings. The quantitative estimate of drug-likeness (QED) is 0.635. The first-order valence-corrected chi connectivity index (χ1v) is 9.21. The summed E-state index contributed by atoms with van der Waals surface area (Å²) < 4.78 is 36.0. The van der Waals surface area contributed by atoms with Gasteiger partial charge in [-0.15, -0.1) is 0 Å². The first kappa shape index (κ1) is 19.4. The Hall–Kier alpha value is -1.91. The van der Waals surface area contributed by atoms with Crippen molar-refractivity contribution in [2.45, 2.75) is 43.9 Å². The number of amides is 1. The lowest BCUT2D eigenvalue weighted by Crippen LogP contribution is -2.76. The highest BCUT2D eigenvalue weighted by atomic mass is 32.2. The highest BCUT2D eigenvalue weighted by Crippen LogP contribution is 2.51. The minimum atomic E-state index is -3.83. The largest absolute Gasteiger partial charge is 0.479 e. The van der Waals surface area contributed by atoms with Crippen LogP contribution in [0, 0.1) is 5.41 Å². The Morgan fingerprint density at radius 3 is 2.52 bits per heavy atom. The predicted octanol–water partition coefficient (Wildman–Crippen LogP) is 0.576. The molecule has 1 aliphatic carbocycles. The van der Waals surface area contributed by atoms with Gasteiger partial charge in [0.1, 0.15) is 5.54 Å². The van der Waals surface area contributed by atoms with Crippen LogP contribution >= 0.6 is 0 Å². The van der Waals surface area contributed by atoms with Gasteiger partial charge in [-0.2, -0.15) is 0 Å². The number of rotatable bonds is 7. The Kier molecular flexibility index (Phi) is 4.99. The highest BCUT2D eigenvalue weighted by Gasteiger charge is 2.66. The number of ether oxygens (including phenoxy) is 1. The number of hydrogen-bond donors (Lipinski definition) is 3. The molecule has 1 fully saturated rings. The van der Waals surface area contributed by atoms with Crippen LogP contribution in [0.1, 0.15) is 37.7 Å². The van der Waals surface area contributed by atoms with E-state index in [0.29, 0.717) is 6.61 Å². The van der Waals surface area contributed by atoms with Crippen molar-refractivity contribution in [2.75, 3.05) is 13.7 Å². The Bertz CT molecular complexity index is 784. The summed E-state index contributed by atoms with van der Waals surface area (Å²) in [7, 11) is -2.62. The van der Waals surface area contributed by atoms with Crippen molar-refractivity contribution in [2.24, 2.45) is 5.41 Å². The zero-order valence-corrected chi connectivity index (χ0v) is 15.3. The van der Waals surface area contributed by atoms with Crippen LogP contribution in [0.4, 0.5) is 0 Å². The van der Waals surface area contributed by atoms with Crippen LogP contribution in [0.5, 0.6) is 0 Å². The van der Waals surface area contributed by atoms with Gasteiger partial charge in [-0.1, -0.05) is 13.8 Å². The highest BCUT2D eigenvalue weighted by molar-refractivity contribution is 7.89. The zero-order chi connectivity index (χ0) is 19.0. The molecule has 0 aliphatic heterocycles. The standard InChI is InChI=1S/C15H22N2O7S/c1-5-23-10-8-15(13(19)20,14(10,2)3)17-12(18)9-6-7-11(24-9)25(21,22)16-4/h6-7,10,16H,5,8H2,1-4H3,(H,17,18)(H,19,20). The second-order valence-corrected chi connectivity index (χ2v) is 8.18. The van der Waals surface area contributed by atoms with Crippen molar-refractivity contribution >= 4 is 21.9 Å². The number of carboxylic acids is 1. The van der Waals surface area contributed by atoms with Gasteiger partial charge in [0.25, 0.3) is 15.9 Å². The predicted molar refractivity (Wildman–Crippen MR) is 86.6 cm³/mol. The van der Waals surface area contributed by atoms with Crippen LogP contribution in [0.2, 0.25) is 0 Å². The van der Waals surface area contributed by atoms with E-state index in [1.165, 1.54) is 13.1 Å². The van der Waals surface area contributed by atoms with Crippen molar-refractivity contribution in [1.82, 2.24) is 10.0 Å². The summed E-state index contributed by atoms with van der Waals surface area (Å²) >= 11 is 0. The van der Waals surface area contributed by atoms with Crippen LogP contribution in [-0.2, 0) is 19.6 Å². The van der Waals surface area contributed by atoms with E-state index < -0.39 is 37.9 Å². The molecule has 0 saturated heterocycles. The number of nitrogens with one attached hydrogen (secondary N) is 2. The lowest BCUT2D eigenvalue weighted by Gasteiger charge is -2.58. The molecule has 1 amide bonds. The first-order valence-electron chi connectivity index (χ1n) is 7.72. The SMILES string of the molecule is CCOC1CC(NC(=O)c2ccc(S(=O)(=O)NC)o2)(C(=O)O)C1(C)C. The van der Waals surface area contributed by atoms with Gasteiger partial charge in [0.05, 0.1) is 6.10 Å². The van der Waals surface area contributed by atoms with E-state index in [4.69, 9.17) is 9.15 Å². The molecule has 2 atom stereocenters. The third-order valence-electron chi connectivity index (χ3n) is 4.80. The molecule has 3 N–H and O–H groups in total. The van der Waals surface area contributed by atoms with Crippen LogP contribution in [0.25, 0.3) is 0 Å². The molecule has 25 heavy (non-hydrogen) atoms. The van der Waals surface area contributed by atoms with Crippen LogP contribution in [-0.4, -0.2) is 50.7 Å². The molecule has 1 saturated carbocycles. The van der Waals surface area contributed by atoms with Gasteiger partial charge in [-0.25, -0.2) is 17.9 Å². The fourth-order valence-corrected chi connectivity index (χ4v) is 3.63. The Morgan fingerprint density at radius 1 is 1.40 bits per heavy atom. The molecule has 140 valence electrons. The number of carboxylic acid groups (broad SMARTS) is 1. The Morgan fingerprint density at radius 2 is 2.04 bits per heavy atom. The molecule has 0 radical (unpaired) electrons. The van der Waals surface area contributed by atoms with Crippen LogP contribution < -0.4 is 10.0 Å². The summed E-state index contributed by atoms with van der Waals surface area (Å²) in [5.74, 6) is -2.27. The van der Waals surface area contributed by atoms with Gasteiger partial charge < -0.3 is 19.6 Å². The van der Waals surface area contributed by atoms with E-state index in [9.17, 15) is 23.1 Å². The van der Waals surface area contributed by atoms with Gasteiger partial charge in [-0.3, -0.25) is 4.79 Å².